The highest BCUT2D eigenvalue weighted by atomic mass is 16.5. The van der Waals surface area contributed by atoms with Crippen molar-refractivity contribution in [1.29, 1.82) is 0 Å². The molecule has 4 rings (SSSR count). The van der Waals surface area contributed by atoms with E-state index in [1.54, 1.807) is 26.5 Å². The average Bonchev–Trinajstić information content (AvgIpc) is 3.11. The third kappa shape index (κ3) is 3.79. The Morgan fingerprint density at radius 2 is 2.00 bits per heavy atom. The van der Waals surface area contributed by atoms with Gasteiger partial charge in [-0.1, -0.05) is 6.07 Å². The Morgan fingerprint density at radius 3 is 2.73 bits per heavy atom. The lowest BCUT2D eigenvalue weighted by molar-refractivity contribution is 0.156. The minimum Gasteiger partial charge on any atom is -0.493 e. The number of anilines is 1. The van der Waals surface area contributed by atoms with Crippen LogP contribution in [0.25, 0.3) is 0 Å². The van der Waals surface area contributed by atoms with Crippen molar-refractivity contribution in [2.45, 2.75) is 43.2 Å². The van der Waals surface area contributed by atoms with Gasteiger partial charge in [-0.15, -0.1) is 0 Å². The number of carbonyl (C=O) groups excluding carboxylic acids is 1. The van der Waals surface area contributed by atoms with E-state index in [-0.39, 0.29) is 17.5 Å². The molecular formula is C22H29N5O3. The van der Waals surface area contributed by atoms with E-state index in [0.717, 1.165) is 43.7 Å². The Labute approximate surface area is 177 Å². The van der Waals surface area contributed by atoms with Gasteiger partial charge in [-0.2, -0.15) is 10.2 Å². The monoisotopic (exact) mass is 411 g/mol. The van der Waals surface area contributed by atoms with E-state index in [1.807, 2.05) is 6.07 Å². The minimum absolute atomic E-state index is 0.0674. The summed E-state index contributed by atoms with van der Waals surface area (Å²) in [5, 5.41) is 13.5. The number of methoxy groups -OCH3 is 2. The number of benzene rings is 1. The first-order valence-corrected chi connectivity index (χ1v) is 10.3. The standard InChI is InChI=1S/C22H29N5O3/c1-27-11-9-22(15-4-5-18(29-2)19(12-15)30-3)8-6-16(13-20(22)27)25-21(28)26-17-7-10-23-24-14-17/h4-5,7,10,12,14,16,20H,6,8-9,11,13H2,1-3H3,(H2,23,25,26,28)/t16-,20+,22+/m1/s1. The Bertz CT molecular complexity index is 894. The van der Waals surface area contributed by atoms with E-state index in [4.69, 9.17) is 9.47 Å². The van der Waals surface area contributed by atoms with Crippen LogP contribution in [0.15, 0.2) is 36.7 Å². The van der Waals surface area contributed by atoms with Gasteiger partial charge < -0.3 is 25.0 Å². The lowest BCUT2D eigenvalue weighted by atomic mass is 9.65. The number of carbonyl (C=O) groups is 1. The molecule has 0 unspecified atom stereocenters. The number of rotatable bonds is 5. The van der Waals surface area contributed by atoms with E-state index in [1.165, 1.54) is 11.8 Å². The second-order valence-electron chi connectivity index (χ2n) is 8.17. The molecule has 1 aromatic heterocycles. The van der Waals surface area contributed by atoms with Gasteiger partial charge in [0.25, 0.3) is 0 Å². The van der Waals surface area contributed by atoms with Gasteiger partial charge in [0, 0.05) is 17.5 Å². The highest BCUT2D eigenvalue weighted by Crippen LogP contribution is 2.49. The van der Waals surface area contributed by atoms with Crippen molar-refractivity contribution < 1.29 is 14.3 Å². The molecule has 1 saturated heterocycles. The van der Waals surface area contributed by atoms with Crippen LogP contribution in [0.3, 0.4) is 0 Å². The molecule has 0 radical (unpaired) electrons. The quantitative estimate of drug-likeness (QED) is 0.787. The molecule has 2 N–H and O–H groups in total. The smallest absolute Gasteiger partial charge is 0.319 e. The fourth-order valence-corrected chi connectivity index (χ4v) is 5.11. The summed E-state index contributed by atoms with van der Waals surface area (Å²) >= 11 is 0. The lowest BCUT2D eigenvalue weighted by Gasteiger charge is -2.45. The molecule has 2 aromatic rings. The third-order valence-electron chi connectivity index (χ3n) is 6.66. The zero-order valence-electron chi connectivity index (χ0n) is 17.7. The molecule has 2 amide bonds. The minimum atomic E-state index is -0.202. The predicted molar refractivity (Wildman–Crippen MR) is 114 cm³/mol. The van der Waals surface area contributed by atoms with Crippen LogP contribution in [0.4, 0.5) is 10.5 Å². The maximum Gasteiger partial charge on any atom is 0.319 e. The molecular weight excluding hydrogens is 382 g/mol. The van der Waals surface area contributed by atoms with E-state index >= 15 is 0 Å². The molecule has 1 aliphatic carbocycles. The fourth-order valence-electron chi connectivity index (χ4n) is 5.11. The van der Waals surface area contributed by atoms with E-state index in [0.29, 0.717) is 11.7 Å². The van der Waals surface area contributed by atoms with Crippen molar-refractivity contribution in [3.63, 3.8) is 0 Å². The second-order valence-corrected chi connectivity index (χ2v) is 8.17. The van der Waals surface area contributed by atoms with Gasteiger partial charge in [0.15, 0.2) is 11.5 Å². The van der Waals surface area contributed by atoms with E-state index < -0.39 is 0 Å². The van der Waals surface area contributed by atoms with Gasteiger partial charge in [0.2, 0.25) is 0 Å². The van der Waals surface area contributed by atoms with Crippen LogP contribution < -0.4 is 20.1 Å². The first kappa shape index (κ1) is 20.4. The maximum absolute atomic E-state index is 12.4. The molecule has 8 heteroatoms. The van der Waals surface area contributed by atoms with Crippen LogP contribution in [0, 0.1) is 0 Å². The summed E-state index contributed by atoms with van der Waals surface area (Å²) in [6.07, 6.45) is 7.05. The fraction of sp³-hybridized carbons (Fsp3) is 0.500. The van der Waals surface area contributed by atoms with Crippen molar-refractivity contribution in [2.24, 2.45) is 0 Å². The molecule has 1 aliphatic heterocycles. The maximum atomic E-state index is 12.4. The predicted octanol–water partition coefficient (Wildman–Crippen LogP) is 2.81. The lowest BCUT2D eigenvalue weighted by Crippen LogP contribution is -2.52. The number of urea groups is 1. The normalized spacial score (nSPS) is 26.0. The summed E-state index contributed by atoms with van der Waals surface area (Å²) in [5.41, 5.74) is 1.99. The molecule has 3 atom stereocenters. The summed E-state index contributed by atoms with van der Waals surface area (Å²) < 4.78 is 11.0. The SMILES string of the molecule is COc1ccc([C@@]23CC[C@@H](NC(=O)Nc4ccnnc4)C[C@@H]2N(C)CC3)cc1OC. The zero-order chi connectivity index (χ0) is 21.1. The Morgan fingerprint density at radius 1 is 1.17 bits per heavy atom. The summed E-state index contributed by atoms with van der Waals surface area (Å²) in [5.74, 6) is 1.52. The van der Waals surface area contributed by atoms with Crippen LogP contribution in [-0.4, -0.2) is 61.0 Å². The number of fused-ring (bicyclic) bond motifs is 1. The number of nitrogens with zero attached hydrogens (tertiary/aromatic N) is 3. The average molecular weight is 412 g/mol. The van der Waals surface area contributed by atoms with Gasteiger partial charge in [-0.25, -0.2) is 4.79 Å². The number of hydrogen-bond acceptors (Lipinski definition) is 6. The van der Waals surface area contributed by atoms with Crippen molar-refractivity contribution >= 4 is 11.7 Å². The molecule has 0 bridgehead atoms. The molecule has 160 valence electrons. The molecule has 2 heterocycles. The van der Waals surface area contributed by atoms with Crippen LogP contribution in [0.2, 0.25) is 0 Å². The number of ether oxygens (including phenoxy) is 2. The molecule has 2 aliphatic rings. The molecule has 8 nitrogen and oxygen atoms in total. The van der Waals surface area contributed by atoms with Gasteiger partial charge in [0.1, 0.15) is 0 Å². The Kier molecular flexibility index (Phi) is 5.76. The summed E-state index contributed by atoms with van der Waals surface area (Å²) in [6.45, 7) is 1.04. The van der Waals surface area contributed by atoms with Crippen LogP contribution in [-0.2, 0) is 5.41 Å². The number of likely N-dealkylation sites (tertiary alicyclic amines) is 1. The van der Waals surface area contributed by atoms with Gasteiger partial charge in [0.05, 0.1) is 32.3 Å². The highest BCUT2D eigenvalue weighted by Gasteiger charge is 2.50. The van der Waals surface area contributed by atoms with Gasteiger partial charge in [-0.3, -0.25) is 0 Å². The topological polar surface area (TPSA) is 88.6 Å². The number of amides is 2. The molecule has 1 aromatic carbocycles. The van der Waals surface area contributed by atoms with Crippen LogP contribution in [0.1, 0.15) is 31.2 Å². The molecule has 2 fully saturated rings. The van der Waals surface area contributed by atoms with E-state index in [9.17, 15) is 4.79 Å². The largest absolute Gasteiger partial charge is 0.493 e. The molecule has 0 spiro atoms. The zero-order valence-corrected chi connectivity index (χ0v) is 17.7. The van der Waals surface area contributed by atoms with Crippen molar-refractivity contribution in [1.82, 2.24) is 20.4 Å². The summed E-state index contributed by atoms with van der Waals surface area (Å²) in [4.78, 5) is 14.9. The van der Waals surface area contributed by atoms with Crippen LogP contribution in [0.5, 0.6) is 11.5 Å². The van der Waals surface area contributed by atoms with Crippen molar-refractivity contribution in [2.75, 3.05) is 33.1 Å². The molecule has 30 heavy (non-hydrogen) atoms. The van der Waals surface area contributed by atoms with Crippen LogP contribution >= 0.6 is 0 Å². The highest BCUT2D eigenvalue weighted by molar-refractivity contribution is 5.89. The number of aromatic nitrogens is 2. The number of likely N-dealkylation sites (N-methyl/N-ethyl adjacent to an activating group) is 1. The Hall–Kier alpha value is -2.87. The number of hydrogen-bond donors (Lipinski definition) is 2. The van der Waals surface area contributed by atoms with Crippen molar-refractivity contribution in [3.8, 4) is 11.5 Å². The summed E-state index contributed by atoms with van der Waals surface area (Å²) in [6, 6.07) is 8.30. The first-order valence-electron chi connectivity index (χ1n) is 10.3. The first-order chi connectivity index (χ1) is 14.6. The second kappa shape index (κ2) is 8.47. The summed E-state index contributed by atoms with van der Waals surface area (Å²) in [7, 11) is 5.51. The number of nitrogens with one attached hydrogen (secondary N) is 2. The third-order valence-corrected chi connectivity index (χ3v) is 6.66. The van der Waals surface area contributed by atoms with Gasteiger partial charge >= 0.3 is 6.03 Å². The van der Waals surface area contributed by atoms with Crippen molar-refractivity contribution in [3.05, 3.63) is 42.2 Å². The van der Waals surface area contributed by atoms with Gasteiger partial charge in [-0.05, 0) is 63.0 Å². The molecule has 1 saturated carbocycles. The Balaban J connectivity index is 1.49. The van der Waals surface area contributed by atoms with E-state index in [2.05, 4.69) is 44.9 Å².